The summed E-state index contributed by atoms with van der Waals surface area (Å²) in [6.07, 6.45) is 1.44. The number of para-hydroxylation sites is 2. The van der Waals surface area contributed by atoms with Crippen LogP contribution in [0.3, 0.4) is 0 Å². The highest BCUT2D eigenvalue weighted by Gasteiger charge is 2.06. The number of unbranched alkanes of at least 4 members (excludes halogenated alkanes) is 1. The molecule has 6 heteroatoms. The predicted molar refractivity (Wildman–Crippen MR) is 130 cm³/mol. The number of aliphatic carboxylic acids is 1. The van der Waals surface area contributed by atoms with Gasteiger partial charge in [0.15, 0.2) is 0 Å². The molecule has 0 fully saturated rings. The molecule has 34 heavy (non-hydrogen) atoms. The quantitative estimate of drug-likeness (QED) is 0.262. The monoisotopic (exact) mass is 457 g/mol. The van der Waals surface area contributed by atoms with Crippen molar-refractivity contribution in [1.29, 1.82) is 0 Å². The van der Waals surface area contributed by atoms with E-state index in [1.54, 1.807) is 0 Å². The van der Waals surface area contributed by atoms with Crippen LogP contribution in [0.4, 0.5) is 0 Å². The molecule has 0 unspecified atom stereocenters. The summed E-state index contributed by atoms with van der Waals surface area (Å²) in [6.45, 7) is 1.18. The highest BCUT2D eigenvalue weighted by atomic mass is 16.5. The number of rotatable bonds is 12. The molecule has 0 spiro atoms. The van der Waals surface area contributed by atoms with Crippen molar-refractivity contribution in [2.75, 3.05) is 6.61 Å². The van der Waals surface area contributed by atoms with Crippen LogP contribution in [0.2, 0.25) is 0 Å². The Labute approximate surface area is 198 Å². The van der Waals surface area contributed by atoms with E-state index in [-0.39, 0.29) is 6.42 Å². The maximum Gasteiger partial charge on any atom is 0.303 e. The van der Waals surface area contributed by atoms with Gasteiger partial charge >= 0.3 is 5.97 Å². The molecule has 0 bridgehead atoms. The zero-order chi connectivity index (χ0) is 23.6. The fourth-order valence-corrected chi connectivity index (χ4v) is 3.49. The molecule has 174 valence electrons. The molecular weight excluding hydrogens is 430 g/mol. The number of carboxylic acids is 1. The summed E-state index contributed by atoms with van der Waals surface area (Å²) in [6, 6.07) is 27.2. The summed E-state index contributed by atoms with van der Waals surface area (Å²) >= 11 is 0. The van der Waals surface area contributed by atoms with E-state index in [0.717, 1.165) is 27.9 Å². The third-order valence-electron chi connectivity index (χ3n) is 5.26. The molecule has 0 atom stereocenters. The SMILES string of the molecule is O=C(O)CCCCOc1ccccc1COc1cccc(OCc2ccc3ccccc3n2)c1. The second-order valence-corrected chi connectivity index (χ2v) is 7.85. The van der Waals surface area contributed by atoms with Crippen LogP contribution in [0.1, 0.15) is 30.5 Å². The van der Waals surface area contributed by atoms with Crippen LogP contribution in [0.15, 0.2) is 84.9 Å². The van der Waals surface area contributed by atoms with Crippen molar-refractivity contribution in [3.05, 3.63) is 96.2 Å². The Bertz CT molecular complexity index is 1240. The van der Waals surface area contributed by atoms with Crippen molar-refractivity contribution in [1.82, 2.24) is 4.98 Å². The van der Waals surface area contributed by atoms with Crippen LogP contribution in [0, 0.1) is 0 Å². The summed E-state index contributed by atoms with van der Waals surface area (Å²) in [7, 11) is 0. The van der Waals surface area contributed by atoms with Gasteiger partial charge in [-0.25, -0.2) is 4.98 Å². The summed E-state index contributed by atoms with van der Waals surface area (Å²) in [4.78, 5) is 15.3. The average molecular weight is 458 g/mol. The third-order valence-corrected chi connectivity index (χ3v) is 5.26. The molecule has 1 aromatic heterocycles. The van der Waals surface area contributed by atoms with Gasteiger partial charge in [-0.1, -0.05) is 48.5 Å². The Kier molecular flexibility index (Phi) is 7.95. The number of nitrogens with zero attached hydrogens (tertiary/aromatic N) is 1. The van der Waals surface area contributed by atoms with Crippen LogP contribution < -0.4 is 14.2 Å². The fourth-order valence-electron chi connectivity index (χ4n) is 3.49. The number of pyridine rings is 1. The summed E-state index contributed by atoms with van der Waals surface area (Å²) in [5.74, 6) is 1.36. The maximum atomic E-state index is 10.6. The van der Waals surface area contributed by atoms with Crippen LogP contribution >= 0.6 is 0 Å². The normalized spacial score (nSPS) is 10.7. The Morgan fingerprint density at radius 3 is 2.38 bits per heavy atom. The van der Waals surface area contributed by atoms with Gasteiger partial charge in [-0.15, -0.1) is 0 Å². The van der Waals surface area contributed by atoms with Gasteiger partial charge in [0.05, 0.1) is 17.8 Å². The van der Waals surface area contributed by atoms with Crippen molar-refractivity contribution in [3.8, 4) is 17.2 Å². The lowest BCUT2D eigenvalue weighted by molar-refractivity contribution is -0.137. The highest BCUT2D eigenvalue weighted by molar-refractivity contribution is 5.78. The molecule has 0 aliphatic carbocycles. The molecule has 1 heterocycles. The van der Waals surface area contributed by atoms with Crippen molar-refractivity contribution in [2.45, 2.75) is 32.5 Å². The van der Waals surface area contributed by atoms with E-state index >= 15 is 0 Å². The number of hydrogen-bond donors (Lipinski definition) is 1. The van der Waals surface area contributed by atoms with E-state index in [4.69, 9.17) is 19.3 Å². The minimum atomic E-state index is -0.784. The number of benzene rings is 3. The molecule has 0 aliphatic heterocycles. The van der Waals surface area contributed by atoms with E-state index in [1.165, 1.54) is 0 Å². The minimum Gasteiger partial charge on any atom is -0.493 e. The first kappa shape index (κ1) is 23.1. The number of carboxylic acid groups (broad SMARTS) is 1. The molecule has 1 N–H and O–H groups in total. The Balaban J connectivity index is 1.31. The van der Waals surface area contributed by atoms with E-state index in [9.17, 15) is 4.79 Å². The summed E-state index contributed by atoms with van der Waals surface area (Å²) in [5, 5.41) is 9.84. The second-order valence-electron chi connectivity index (χ2n) is 7.85. The zero-order valence-electron chi connectivity index (χ0n) is 18.9. The molecule has 0 saturated heterocycles. The first-order chi connectivity index (χ1) is 16.7. The Hall–Kier alpha value is -4.06. The van der Waals surface area contributed by atoms with Gasteiger partial charge in [-0.2, -0.15) is 0 Å². The Morgan fingerprint density at radius 2 is 1.53 bits per heavy atom. The second kappa shape index (κ2) is 11.7. The molecular formula is C28H27NO5. The lowest BCUT2D eigenvalue weighted by Crippen LogP contribution is -2.04. The van der Waals surface area contributed by atoms with Gasteiger partial charge in [0, 0.05) is 23.4 Å². The molecule has 3 aromatic carbocycles. The van der Waals surface area contributed by atoms with Gasteiger partial charge < -0.3 is 19.3 Å². The minimum absolute atomic E-state index is 0.156. The van der Waals surface area contributed by atoms with Gasteiger partial charge in [0.2, 0.25) is 0 Å². The van der Waals surface area contributed by atoms with Gasteiger partial charge in [-0.05, 0) is 43.2 Å². The summed E-state index contributed by atoms with van der Waals surface area (Å²) in [5.41, 5.74) is 2.73. The third kappa shape index (κ3) is 6.72. The van der Waals surface area contributed by atoms with Crippen molar-refractivity contribution < 1.29 is 24.1 Å². The first-order valence-electron chi connectivity index (χ1n) is 11.3. The number of carbonyl (C=O) groups is 1. The predicted octanol–water partition coefficient (Wildman–Crippen LogP) is 6.03. The number of ether oxygens (including phenoxy) is 3. The van der Waals surface area contributed by atoms with Crippen molar-refractivity contribution in [2.24, 2.45) is 0 Å². The largest absolute Gasteiger partial charge is 0.493 e. The van der Waals surface area contributed by atoms with Gasteiger partial charge in [0.1, 0.15) is 30.5 Å². The molecule has 0 amide bonds. The lowest BCUT2D eigenvalue weighted by atomic mass is 10.2. The van der Waals surface area contributed by atoms with Crippen molar-refractivity contribution in [3.63, 3.8) is 0 Å². The van der Waals surface area contributed by atoms with Crippen LogP contribution in [-0.2, 0) is 18.0 Å². The van der Waals surface area contributed by atoms with E-state index in [2.05, 4.69) is 4.98 Å². The molecule has 6 nitrogen and oxygen atoms in total. The average Bonchev–Trinajstić information content (AvgIpc) is 2.86. The molecule has 0 saturated carbocycles. The zero-order valence-corrected chi connectivity index (χ0v) is 18.9. The maximum absolute atomic E-state index is 10.6. The van der Waals surface area contributed by atoms with E-state index in [1.807, 2.05) is 84.9 Å². The number of aromatic nitrogens is 1. The van der Waals surface area contributed by atoms with Gasteiger partial charge in [0.25, 0.3) is 0 Å². The number of hydrogen-bond acceptors (Lipinski definition) is 5. The van der Waals surface area contributed by atoms with E-state index < -0.39 is 5.97 Å². The van der Waals surface area contributed by atoms with Crippen LogP contribution in [0.25, 0.3) is 10.9 Å². The van der Waals surface area contributed by atoms with Gasteiger partial charge in [-0.3, -0.25) is 4.79 Å². The van der Waals surface area contributed by atoms with Crippen LogP contribution in [-0.4, -0.2) is 22.7 Å². The molecule has 4 rings (SSSR count). The smallest absolute Gasteiger partial charge is 0.303 e. The highest BCUT2D eigenvalue weighted by Crippen LogP contribution is 2.24. The topological polar surface area (TPSA) is 77.9 Å². The van der Waals surface area contributed by atoms with E-state index in [0.29, 0.717) is 44.2 Å². The number of fused-ring (bicyclic) bond motifs is 1. The standard InChI is InChI=1S/C28H27NO5/c30-28(31)14-5-6-17-32-27-13-4-2-9-22(27)19-33-24-10-7-11-25(18-24)34-20-23-16-15-21-8-1-3-12-26(21)29-23/h1-4,7-13,15-16,18H,5-6,14,17,19-20H2,(H,30,31). The molecule has 0 radical (unpaired) electrons. The fraction of sp³-hybridized carbons (Fsp3) is 0.214. The van der Waals surface area contributed by atoms with Crippen molar-refractivity contribution >= 4 is 16.9 Å². The molecule has 4 aromatic rings. The van der Waals surface area contributed by atoms with Crippen LogP contribution in [0.5, 0.6) is 17.2 Å². The molecule has 0 aliphatic rings. The first-order valence-corrected chi connectivity index (χ1v) is 11.3. The Morgan fingerprint density at radius 1 is 0.765 bits per heavy atom. The summed E-state index contributed by atoms with van der Waals surface area (Å²) < 4.78 is 17.8. The lowest BCUT2D eigenvalue weighted by Gasteiger charge is -2.13.